The Morgan fingerprint density at radius 3 is 3.00 bits per heavy atom. The number of aromatic nitrogens is 2. The fourth-order valence-electron chi connectivity index (χ4n) is 2.06. The molecule has 6 nitrogen and oxygen atoms in total. The average molecular weight is 317 g/mol. The fourth-order valence-corrected chi connectivity index (χ4v) is 2.69. The highest BCUT2D eigenvalue weighted by Crippen LogP contribution is 2.20. The molecule has 0 saturated carbocycles. The first kappa shape index (κ1) is 14.5. The van der Waals surface area contributed by atoms with Crippen LogP contribution in [0.2, 0.25) is 0 Å². The largest absolute Gasteiger partial charge is 0.456 e. The Balaban J connectivity index is 1.63. The van der Waals surface area contributed by atoms with Gasteiger partial charge in [0.05, 0.1) is 12.1 Å². The van der Waals surface area contributed by atoms with Crippen LogP contribution in [0.15, 0.2) is 31.8 Å². The van der Waals surface area contributed by atoms with Crippen molar-refractivity contribution in [2.75, 3.05) is 0 Å². The van der Waals surface area contributed by atoms with E-state index in [4.69, 9.17) is 8.94 Å². The first-order valence-electron chi connectivity index (χ1n) is 6.90. The number of aryl methyl sites for hydroxylation is 2. The number of hydrogen-bond donors (Lipinski definition) is 1. The van der Waals surface area contributed by atoms with E-state index in [1.807, 2.05) is 30.7 Å². The molecule has 0 aliphatic rings. The first-order chi connectivity index (χ1) is 10.7. The maximum absolute atomic E-state index is 12.0. The lowest BCUT2D eigenvalue weighted by molar-refractivity contribution is 0.0920. The average Bonchev–Trinajstić information content (AvgIpc) is 3.24. The molecule has 0 aliphatic carbocycles. The number of furan rings is 1. The second-order valence-corrected chi connectivity index (χ2v) is 5.56. The summed E-state index contributed by atoms with van der Waals surface area (Å²) in [7, 11) is 0. The predicted molar refractivity (Wildman–Crippen MR) is 81.6 cm³/mol. The summed E-state index contributed by atoms with van der Waals surface area (Å²) in [4.78, 5) is 16.3. The molecule has 0 radical (unpaired) electrons. The summed E-state index contributed by atoms with van der Waals surface area (Å²) < 4.78 is 10.7. The van der Waals surface area contributed by atoms with Gasteiger partial charge in [-0.15, -0.1) is 0 Å². The van der Waals surface area contributed by atoms with Crippen molar-refractivity contribution in [1.82, 2.24) is 15.5 Å². The Labute approximate surface area is 131 Å². The van der Waals surface area contributed by atoms with Crippen molar-refractivity contribution < 1.29 is 13.7 Å². The van der Waals surface area contributed by atoms with Crippen molar-refractivity contribution in [2.24, 2.45) is 0 Å². The maximum Gasteiger partial charge on any atom is 0.287 e. The molecule has 114 valence electrons. The molecule has 1 amide bonds. The van der Waals surface area contributed by atoms with Crippen LogP contribution in [0, 0.1) is 6.92 Å². The Morgan fingerprint density at radius 2 is 2.32 bits per heavy atom. The summed E-state index contributed by atoms with van der Waals surface area (Å²) in [5.41, 5.74) is 1.86. The molecule has 1 N–H and O–H groups in total. The van der Waals surface area contributed by atoms with E-state index in [1.165, 1.54) is 0 Å². The van der Waals surface area contributed by atoms with Gasteiger partial charge in [0.1, 0.15) is 5.76 Å². The van der Waals surface area contributed by atoms with Gasteiger partial charge in [-0.05, 0) is 30.0 Å². The van der Waals surface area contributed by atoms with Crippen LogP contribution in [0.5, 0.6) is 0 Å². The third-order valence-corrected chi connectivity index (χ3v) is 3.89. The van der Waals surface area contributed by atoms with Crippen LogP contribution < -0.4 is 5.32 Å². The minimum absolute atomic E-state index is 0.188. The van der Waals surface area contributed by atoms with Gasteiger partial charge >= 0.3 is 0 Å². The quantitative estimate of drug-likeness (QED) is 0.781. The van der Waals surface area contributed by atoms with Crippen molar-refractivity contribution in [3.8, 4) is 11.5 Å². The first-order valence-corrected chi connectivity index (χ1v) is 7.84. The molecule has 0 unspecified atom stereocenters. The molecular weight excluding hydrogens is 302 g/mol. The number of carbonyl (C=O) groups is 1. The second-order valence-electron chi connectivity index (χ2n) is 4.78. The third kappa shape index (κ3) is 2.94. The Hall–Kier alpha value is -2.41. The normalized spacial score (nSPS) is 10.8. The Morgan fingerprint density at radius 1 is 1.45 bits per heavy atom. The highest BCUT2D eigenvalue weighted by atomic mass is 32.1. The molecule has 0 aromatic carbocycles. The number of carbonyl (C=O) groups excluding carboxylic acids is 1. The number of nitrogens with one attached hydrogen (secondary N) is 1. The summed E-state index contributed by atoms with van der Waals surface area (Å²) in [6, 6.07) is 3.64. The number of nitrogens with zero attached hydrogens (tertiary/aromatic N) is 2. The fraction of sp³-hybridized carbons (Fsp3) is 0.267. The van der Waals surface area contributed by atoms with Gasteiger partial charge in [-0.1, -0.05) is 12.1 Å². The van der Waals surface area contributed by atoms with Crippen molar-refractivity contribution >= 4 is 17.2 Å². The molecule has 0 bridgehead atoms. The monoisotopic (exact) mass is 317 g/mol. The SMILES string of the molecule is CCc1oc(C(=O)NCc2noc(-c3ccsc3)n2)cc1C. The van der Waals surface area contributed by atoms with Gasteiger partial charge in [-0.2, -0.15) is 16.3 Å². The van der Waals surface area contributed by atoms with Crippen LogP contribution >= 0.6 is 11.3 Å². The van der Waals surface area contributed by atoms with E-state index in [-0.39, 0.29) is 12.5 Å². The van der Waals surface area contributed by atoms with E-state index in [0.717, 1.165) is 23.3 Å². The molecule has 0 aliphatic heterocycles. The minimum Gasteiger partial charge on any atom is -0.456 e. The highest BCUT2D eigenvalue weighted by molar-refractivity contribution is 7.08. The van der Waals surface area contributed by atoms with Gasteiger partial charge < -0.3 is 14.3 Å². The molecule has 3 aromatic heterocycles. The molecular formula is C15H15N3O3S. The Kier molecular flexibility index (Phi) is 4.06. The van der Waals surface area contributed by atoms with E-state index < -0.39 is 0 Å². The van der Waals surface area contributed by atoms with Gasteiger partial charge in [-0.25, -0.2) is 0 Å². The second kappa shape index (κ2) is 6.15. The van der Waals surface area contributed by atoms with Crippen LogP contribution in [-0.2, 0) is 13.0 Å². The van der Waals surface area contributed by atoms with Crippen LogP contribution in [-0.4, -0.2) is 16.0 Å². The van der Waals surface area contributed by atoms with Gasteiger partial charge in [0, 0.05) is 11.8 Å². The zero-order chi connectivity index (χ0) is 15.5. The van der Waals surface area contributed by atoms with E-state index in [0.29, 0.717) is 17.5 Å². The molecule has 3 aromatic rings. The van der Waals surface area contributed by atoms with Crippen LogP contribution in [0.25, 0.3) is 11.5 Å². The van der Waals surface area contributed by atoms with Crippen molar-refractivity contribution in [1.29, 1.82) is 0 Å². The van der Waals surface area contributed by atoms with E-state index in [1.54, 1.807) is 17.4 Å². The number of amides is 1. The number of thiophene rings is 1. The molecule has 0 atom stereocenters. The maximum atomic E-state index is 12.0. The topological polar surface area (TPSA) is 81.2 Å². The van der Waals surface area contributed by atoms with E-state index >= 15 is 0 Å². The highest BCUT2D eigenvalue weighted by Gasteiger charge is 2.15. The summed E-state index contributed by atoms with van der Waals surface area (Å²) in [6.07, 6.45) is 0.758. The summed E-state index contributed by atoms with van der Waals surface area (Å²) in [5.74, 6) is 1.71. The lowest BCUT2D eigenvalue weighted by Crippen LogP contribution is -2.22. The van der Waals surface area contributed by atoms with Crippen molar-refractivity contribution in [3.63, 3.8) is 0 Å². The van der Waals surface area contributed by atoms with Gasteiger partial charge in [0.2, 0.25) is 0 Å². The summed E-state index contributed by atoms with van der Waals surface area (Å²) in [6.45, 7) is 4.10. The number of hydrogen-bond acceptors (Lipinski definition) is 6. The minimum atomic E-state index is -0.287. The molecule has 3 rings (SSSR count). The number of rotatable bonds is 5. The predicted octanol–water partition coefficient (Wildman–Crippen LogP) is 3.19. The van der Waals surface area contributed by atoms with E-state index in [2.05, 4.69) is 15.5 Å². The van der Waals surface area contributed by atoms with Crippen LogP contribution in [0.1, 0.15) is 34.6 Å². The third-order valence-electron chi connectivity index (χ3n) is 3.21. The zero-order valence-electron chi connectivity index (χ0n) is 12.3. The molecule has 3 heterocycles. The summed E-state index contributed by atoms with van der Waals surface area (Å²) >= 11 is 1.56. The van der Waals surface area contributed by atoms with Crippen LogP contribution in [0.4, 0.5) is 0 Å². The molecule has 22 heavy (non-hydrogen) atoms. The van der Waals surface area contributed by atoms with Crippen LogP contribution in [0.3, 0.4) is 0 Å². The molecule has 0 spiro atoms. The lowest BCUT2D eigenvalue weighted by atomic mass is 10.2. The van der Waals surface area contributed by atoms with Gasteiger partial charge in [0.25, 0.3) is 11.8 Å². The molecule has 0 fully saturated rings. The van der Waals surface area contributed by atoms with Crippen molar-refractivity contribution in [2.45, 2.75) is 26.8 Å². The Bertz CT molecular complexity index is 774. The van der Waals surface area contributed by atoms with E-state index in [9.17, 15) is 4.79 Å². The summed E-state index contributed by atoms with van der Waals surface area (Å²) in [5, 5.41) is 10.4. The molecule has 0 saturated heterocycles. The van der Waals surface area contributed by atoms with Gasteiger partial charge in [-0.3, -0.25) is 4.79 Å². The zero-order valence-corrected chi connectivity index (χ0v) is 13.1. The smallest absolute Gasteiger partial charge is 0.287 e. The standard InChI is InChI=1S/C15H15N3O3S/c1-3-11-9(2)6-12(20-11)14(19)16-7-13-17-15(21-18-13)10-4-5-22-8-10/h4-6,8H,3,7H2,1-2H3,(H,16,19). The van der Waals surface area contributed by atoms with Gasteiger partial charge in [0.15, 0.2) is 11.6 Å². The van der Waals surface area contributed by atoms with Crippen molar-refractivity contribution in [3.05, 3.63) is 45.8 Å². The lowest BCUT2D eigenvalue weighted by Gasteiger charge is -1.98. The molecule has 7 heteroatoms.